The van der Waals surface area contributed by atoms with Crippen molar-refractivity contribution in [2.24, 2.45) is 23.7 Å². The lowest BCUT2D eigenvalue weighted by Crippen LogP contribution is -2.38. The Labute approximate surface area is 124 Å². The highest BCUT2D eigenvalue weighted by atomic mass is 16.5. The molecule has 1 N–H and O–H groups in total. The Morgan fingerprint density at radius 2 is 1.71 bits per heavy atom. The van der Waals surface area contributed by atoms with Gasteiger partial charge in [0.2, 0.25) is 11.8 Å². The highest BCUT2D eigenvalue weighted by Crippen LogP contribution is 2.52. The van der Waals surface area contributed by atoms with Gasteiger partial charge in [0.05, 0.1) is 31.1 Å². The zero-order valence-electron chi connectivity index (χ0n) is 12.2. The fraction of sp³-hybridized carbons (Fsp3) is 0.750. The van der Waals surface area contributed by atoms with E-state index in [1.54, 1.807) is 0 Å². The van der Waals surface area contributed by atoms with Crippen LogP contribution in [0.4, 0.5) is 0 Å². The monoisotopic (exact) mass is 290 g/mol. The standard InChI is InChI=1S/C16H22N2O3/c19-15-13-10-1-2-11(9-10)14(13)16(20)18(15)7-8-21-12-3-5-17-6-4-12/h1-2,10-14,17H,3-9H2. The number of nitrogens with one attached hydrogen (secondary N) is 1. The minimum atomic E-state index is -0.0774. The van der Waals surface area contributed by atoms with Crippen LogP contribution in [0.2, 0.25) is 0 Å². The van der Waals surface area contributed by atoms with Crippen molar-refractivity contribution in [2.45, 2.75) is 25.4 Å². The highest BCUT2D eigenvalue weighted by molar-refractivity contribution is 6.06. The first-order chi connectivity index (χ1) is 10.3. The lowest BCUT2D eigenvalue weighted by atomic mass is 9.85. The van der Waals surface area contributed by atoms with Crippen molar-refractivity contribution in [1.82, 2.24) is 10.2 Å². The first-order valence-electron chi connectivity index (χ1n) is 8.11. The highest BCUT2D eigenvalue weighted by Gasteiger charge is 2.58. The summed E-state index contributed by atoms with van der Waals surface area (Å²) in [7, 11) is 0. The molecule has 4 aliphatic rings. The van der Waals surface area contributed by atoms with Gasteiger partial charge in [0.15, 0.2) is 0 Å². The Kier molecular flexibility index (Phi) is 3.34. The number of piperidine rings is 1. The van der Waals surface area contributed by atoms with E-state index in [0.29, 0.717) is 25.0 Å². The van der Waals surface area contributed by atoms with Crippen LogP contribution in [0.3, 0.4) is 0 Å². The summed E-state index contributed by atoms with van der Waals surface area (Å²) in [5, 5.41) is 3.30. The van der Waals surface area contributed by atoms with E-state index in [1.165, 1.54) is 4.90 Å². The van der Waals surface area contributed by atoms with E-state index in [2.05, 4.69) is 17.5 Å². The van der Waals surface area contributed by atoms with Gasteiger partial charge >= 0.3 is 0 Å². The van der Waals surface area contributed by atoms with E-state index in [9.17, 15) is 9.59 Å². The van der Waals surface area contributed by atoms with Crippen molar-refractivity contribution in [3.05, 3.63) is 12.2 Å². The summed E-state index contributed by atoms with van der Waals surface area (Å²) in [5.41, 5.74) is 0. The van der Waals surface area contributed by atoms with Crippen molar-refractivity contribution in [3.8, 4) is 0 Å². The second kappa shape index (κ2) is 5.21. The number of imide groups is 1. The average molecular weight is 290 g/mol. The number of hydrogen-bond donors (Lipinski definition) is 1. The second-order valence-corrected chi connectivity index (χ2v) is 6.65. The number of allylic oxidation sites excluding steroid dienone is 2. The third kappa shape index (κ3) is 2.14. The van der Waals surface area contributed by atoms with Crippen LogP contribution in [0, 0.1) is 23.7 Å². The smallest absolute Gasteiger partial charge is 0.233 e. The van der Waals surface area contributed by atoms with Gasteiger partial charge in [-0.25, -0.2) is 0 Å². The molecule has 0 aromatic heterocycles. The van der Waals surface area contributed by atoms with Crippen LogP contribution in [0.25, 0.3) is 0 Å². The third-order valence-electron chi connectivity index (χ3n) is 5.52. The zero-order valence-corrected chi connectivity index (χ0v) is 12.2. The molecule has 4 unspecified atom stereocenters. The molecule has 2 bridgehead atoms. The first-order valence-corrected chi connectivity index (χ1v) is 8.11. The second-order valence-electron chi connectivity index (χ2n) is 6.65. The van der Waals surface area contributed by atoms with E-state index in [-0.39, 0.29) is 29.8 Å². The van der Waals surface area contributed by atoms with Gasteiger partial charge in [-0.05, 0) is 44.2 Å². The Morgan fingerprint density at radius 1 is 1.10 bits per heavy atom. The van der Waals surface area contributed by atoms with Crippen molar-refractivity contribution >= 4 is 11.8 Å². The molecule has 2 amide bonds. The molecule has 1 saturated carbocycles. The largest absolute Gasteiger partial charge is 0.376 e. The molecule has 0 spiro atoms. The number of carbonyl (C=O) groups is 2. The molecular formula is C16H22N2O3. The van der Waals surface area contributed by atoms with Crippen LogP contribution < -0.4 is 5.32 Å². The Hall–Kier alpha value is -1.20. The van der Waals surface area contributed by atoms with Crippen LogP contribution in [-0.4, -0.2) is 49.1 Å². The van der Waals surface area contributed by atoms with E-state index >= 15 is 0 Å². The minimum Gasteiger partial charge on any atom is -0.376 e. The average Bonchev–Trinajstić information content (AvgIpc) is 3.17. The van der Waals surface area contributed by atoms with Gasteiger partial charge in [0.25, 0.3) is 0 Å². The Morgan fingerprint density at radius 3 is 2.33 bits per heavy atom. The van der Waals surface area contributed by atoms with Crippen LogP contribution in [-0.2, 0) is 14.3 Å². The molecule has 0 aromatic carbocycles. The zero-order chi connectivity index (χ0) is 14.4. The van der Waals surface area contributed by atoms with Gasteiger partial charge in [0.1, 0.15) is 0 Å². The van der Waals surface area contributed by atoms with Gasteiger partial charge in [-0.15, -0.1) is 0 Å². The van der Waals surface area contributed by atoms with Gasteiger partial charge < -0.3 is 10.1 Å². The molecule has 114 valence electrons. The van der Waals surface area contributed by atoms with E-state index in [0.717, 1.165) is 32.4 Å². The quantitative estimate of drug-likeness (QED) is 0.607. The summed E-state index contributed by atoms with van der Waals surface area (Å²) in [5.74, 6) is 0.517. The van der Waals surface area contributed by atoms with Crippen LogP contribution >= 0.6 is 0 Å². The number of nitrogens with zero attached hydrogens (tertiary/aromatic N) is 1. The fourth-order valence-electron chi connectivity index (χ4n) is 4.46. The van der Waals surface area contributed by atoms with E-state index < -0.39 is 0 Å². The maximum absolute atomic E-state index is 12.5. The number of fused-ring (bicyclic) bond motifs is 5. The van der Waals surface area contributed by atoms with Crippen molar-refractivity contribution < 1.29 is 14.3 Å². The third-order valence-corrected chi connectivity index (χ3v) is 5.52. The lowest BCUT2D eigenvalue weighted by molar-refractivity contribution is -0.142. The number of ether oxygens (including phenoxy) is 1. The Bertz CT molecular complexity index is 454. The van der Waals surface area contributed by atoms with Gasteiger partial charge in [-0.3, -0.25) is 14.5 Å². The number of likely N-dealkylation sites (tertiary alicyclic amines) is 1. The summed E-state index contributed by atoms with van der Waals surface area (Å²) >= 11 is 0. The predicted octanol–water partition coefficient (Wildman–Crippen LogP) is 0.562. The van der Waals surface area contributed by atoms with Crippen LogP contribution in [0.15, 0.2) is 12.2 Å². The molecule has 5 heteroatoms. The molecule has 5 nitrogen and oxygen atoms in total. The molecule has 21 heavy (non-hydrogen) atoms. The Balaban J connectivity index is 1.34. The summed E-state index contributed by atoms with van der Waals surface area (Å²) in [4.78, 5) is 26.4. The molecule has 0 radical (unpaired) electrons. The summed E-state index contributed by atoms with van der Waals surface area (Å²) < 4.78 is 5.83. The number of rotatable bonds is 4. The molecule has 2 saturated heterocycles. The molecule has 0 aromatic rings. The summed E-state index contributed by atoms with van der Waals surface area (Å²) in [6.07, 6.45) is 7.56. The van der Waals surface area contributed by atoms with E-state index in [1.807, 2.05) is 0 Å². The van der Waals surface area contributed by atoms with Gasteiger partial charge in [-0.2, -0.15) is 0 Å². The first kappa shape index (κ1) is 13.5. The molecule has 2 aliphatic heterocycles. The number of hydrogen-bond acceptors (Lipinski definition) is 4. The predicted molar refractivity (Wildman–Crippen MR) is 76.3 cm³/mol. The van der Waals surface area contributed by atoms with Crippen LogP contribution in [0.5, 0.6) is 0 Å². The number of amides is 2. The minimum absolute atomic E-state index is 0.0377. The maximum atomic E-state index is 12.5. The number of carbonyl (C=O) groups excluding carboxylic acids is 2. The lowest BCUT2D eigenvalue weighted by Gasteiger charge is -2.24. The normalized spacial score (nSPS) is 38.6. The summed E-state index contributed by atoms with van der Waals surface area (Å²) in [6.45, 7) is 2.88. The van der Waals surface area contributed by atoms with Gasteiger partial charge in [0, 0.05) is 0 Å². The molecule has 4 atom stereocenters. The summed E-state index contributed by atoms with van der Waals surface area (Å²) in [6, 6.07) is 0. The van der Waals surface area contributed by atoms with Crippen molar-refractivity contribution in [3.63, 3.8) is 0 Å². The topological polar surface area (TPSA) is 58.6 Å². The maximum Gasteiger partial charge on any atom is 0.233 e. The van der Waals surface area contributed by atoms with E-state index in [4.69, 9.17) is 4.74 Å². The fourth-order valence-corrected chi connectivity index (χ4v) is 4.46. The van der Waals surface area contributed by atoms with Gasteiger partial charge in [-0.1, -0.05) is 12.2 Å². The SMILES string of the molecule is O=C1C2C3C=CC(C3)C2C(=O)N1CCOC1CCNCC1. The molecule has 3 fully saturated rings. The van der Waals surface area contributed by atoms with Crippen molar-refractivity contribution in [1.29, 1.82) is 0 Å². The molecule has 2 aliphatic carbocycles. The molecule has 4 rings (SSSR count). The molecular weight excluding hydrogens is 268 g/mol. The molecule has 2 heterocycles. The van der Waals surface area contributed by atoms with Crippen molar-refractivity contribution in [2.75, 3.05) is 26.2 Å². The van der Waals surface area contributed by atoms with Crippen LogP contribution in [0.1, 0.15) is 19.3 Å².